The van der Waals surface area contributed by atoms with E-state index in [1.54, 1.807) is 0 Å². The highest BCUT2D eigenvalue weighted by Gasteiger charge is 2.15. The molecule has 0 amide bonds. The molecule has 2 rings (SSSR count). The highest BCUT2D eigenvalue weighted by atomic mass is 32.1. The average molecular weight is 266 g/mol. The van der Waals surface area contributed by atoms with E-state index in [9.17, 15) is 0 Å². The van der Waals surface area contributed by atoms with Crippen molar-refractivity contribution in [1.82, 2.24) is 10.2 Å². The van der Waals surface area contributed by atoms with Crippen molar-refractivity contribution in [2.45, 2.75) is 39.7 Å². The van der Waals surface area contributed by atoms with E-state index < -0.39 is 0 Å². The first-order chi connectivity index (χ1) is 8.65. The second-order valence-corrected chi connectivity index (χ2v) is 7.01. The van der Waals surface area contributed by atoms with Gasteiger partial charge < -0.3 is 10.2 Å². The Kier molecular flexibility index (Phi) is 5.22. The van der Waals surface area contributed by atoms with Crippen LogP contribution in [0.2, 0.25) is 0 Å². The van der Waals surface area contributed by atoms with Gasteiger partial charge >= 0.3 is 0 Å². The second-order valence-electron chi connectivity index (χ2n) is 5.69. The monoisotopic (exact) mass is 266 g/mol. The summed E-state index contributed by atoms with van der Waals surface area (Å²) in [4.78, 5) is 5.47. The Bertz CT molecular complexity index is 355. The third kappa shape index (κ3) is 4.08. The lowest BCUT2D eigenvalue weighted by atomic mass is 10.1. The topological polar surface area (TPSA) is 15.3 Å². The molecule has 0 spiro atoms. The smallest absolute Gasteiger partial charge is 0.0386 e. The van der Waals surface area contributed by atoms with Crippen molar-refractivity contribution in [2.75, 3.05) is 26.2 Å². The van der Waals surface area contributed by atoms with Crippen LogP contribution in [0.4, 0.5) is 0 Å². The predicted molar refractivity (Wildman–Crippen MR) is 80.3 cm³/mol. The van der Waals surface area contributed by atoms with Crippen LogP contribution in [-0.2, 0) is 0 Å². The zero-order valence-electron chi connectivity index (χ0n) is 11.9. The lowest BCUT2D eigenvalue weighted by Gasteiger charge is -2.22. The van der Waals surface area contributed by atoms with Gasteiger partial charge in [0.1, 0.15) is 0 Å². The summed E-state index contributed by atoms with van der Waals surface area (Å²) in [6.07, 6.45) is 2.79. The highest BCUT2D eigenvalue weighted by molar-refractivity contribution is 7.12. The molecule has 0 bridgehead atoms. The van der Waals surface area contributed by atoms with E-state index in [0.29, 0.717) is 6.04 Å². The minimum absolute atomic E-state index is 0.490. The van der Waals surface area contributed by atoms with Crippen LogP contribution >= 0.6 is 11.3 Å². The number of likely N-dealkylation sites (tertiary alicyclic amines) is 1. The number of aryl methyl sites for hydroxylation is 1. The zero-order valence-corrected chi connectivity index (χ0v) is 12.7. The van der Waals surface area contributed by atoms with Gasteiger partial charge in [-0.1, -0.05) is 6.92 Å². The highest BCUT2D eigenvalue weighted by Crippen LogP contribution is 2.22. The summed E-state index contributed by atoms with van der Waals surface area (Å²) in [5.74, 6) is 0.742. The molecule has 102 valence electrons. The summed E-state index contributed by atoms with van der Waals surface area (Å²) < 4.78 is 0. The summed E-state index contributed by atoms with van der Waals surface area (Å²) in [5, 5.41) is 3.67. The molecule has 1 aromatic rings. The van der Waals surface area contributed by atoms with Crippen molar-refractivity contribution >= 4 is 11.3 Å². The number of thiophene rings is 1. The molecule has 1 N–H and O–H groups in total. The van der Waals surface area contributed by atoms with E-state index in [1.165, 1.54) is 42.2 Å². The molecule has 0 radical (unpaired) electrons. The first-order valence-electron chi connectivity index (χ1n) is 7.17. The van der Waals surface area contributed by atoms with Crippen molar-refractivity contribution < 1.29 is 0 Å². The fourth-order valence-electron chi connectivity index (χ4n) is 2.64. The van der Waals surface area contributed by atoms with Crippen molar-refractivity contribution in [1.29, 1.82) is 0 Å². The Hall–Kier alpha value is -0.380. The molecule has 3 heteroatoms. The minimum atomic E-state index is 0.490. The van der Waals surface area contributed by atoms with E-state index in [-0.39, 0.29) is 0 Å². The van der Waals surface area contributed by atoms with Gasteiger partial charge in [0.05, 0.1) is 0 Å². The van der Waals surface area contributed by atoms with Crippen LogP contribution < -0.4 is 5.32 Å². The van der Waals surface area contributed by atoms with Crippen LogP contribution in [0.25, 0.3) is 0 Å². The molecule has 2 unspecified atom stereocenters. The van der Waals surface area contributed by atoms with Gasteiger partial charge in [0.25, 0.3) is 0 Å². The summed E-state index contributed by atoms with van der Waals surface area (Å²) in [7, 11) is 0. The van der Waals surface area contributed by atoms with Crippen LogP contribution in [0.5, 0.6) is 0 Å². The first-order valence-corrected chi connectivity index (χ1v) is 7.99. The molecule has 1 aromatic heterocycles. The van der Waals surface area contributed by atoms with Gasteiger partial charge in [0.15, 0.2) is 0 Å². The van der Waals surface area contributed by atoms with Gasteiger partial charge in [-0.2, -0.15) is 0 Å². The molecule has 0 saturated carbocycles. The van der Waals surface area contributed by atoms with E-state index in [4.69, 9.17) is 0 Å². The van der Waals surface area contributed by atoms with Crippen molar-refractivity contribution in [2.24, 2.45) is 5.92 Å². The lowest BCUT2D eigenvalue weighted by Crippen LogP contribution is -2.32. The summed E-state index contributed by atoms with van der Waals surface area (Å²) in [5.41, 5.74) is 0. The summed E-state index contributed by atoms with van der Waals surface area (Å²) in [6, 6.07) is 4.96. The molecule has 2 nitrogen and oxygen atoms in total. The van der Waals surface area contributed by atoms with Crippen molar-refractivity contribution in [3.63, 3.8) is 0 Å². The van der Waals surface area contributed by atoms with E-state index in [1.807, 2.05) is 11.3 Å². The van der Waals surface area contributed by atoms with Gasteiger partial charge in [-0.3, -0.25) is 0 Å². The third-order valence-corrected chi connectivity index (χ3v) is 4.91. The standard InChI is InChI=1S/C15H26N2S/c1-12(11-17-8-4-5-9-17)10-16-14(3)15-7-6-13(2)18-15/h6-7,12,14,16H,4-5,8-11H2,1-3H3. The van der Waals surface area contributed by atoms with Crippen LogP contribution in [-0.4, -0.2) is 31.1 Å². The van der Waals surface area contributed by atoms with Crippen molar-refractivity contribution in [3.8, 4) is 0 Å². The van der Waals surface area contributed by atoms with Gasteiger partial charge in [0.2, 0.25) is 0 Å². The molecule has 1 fully saturated rings. The first kappa shape index (κ1) is 14.0. The fraction of sp³-hybridized carbons (Fsp3) is 0.733. The van der Waals surface area contributed by atoms with E-state index >= 15 is 0 Å². The third-order valence-electron chi connectivity index (χ3n) is 3.73. The van der Waals surface area contributed by atoms with Crippen LogP contribution in [0.15, 0.2) is 12.1 Å². The van der Waals surface area contributed by atoms with Gasteiger partial charge in [-0.15, -0.1) is 11.3 Å². The maximum atomic E-state index is 3.67. The van der Waals surface area contributed by atoms with Gasteiger partial charge in [-0.25, -0.2) is 0 Å². The summed E-state index contributed by atoms with van der Waals surface area (Å²) >= 11 is 1.91. The quantitative estimate of drug-likeness (QED) is 0.848. The summed E-state index contributed by atoms with van der Waals surface area (Å²) in [6.45, 7) is 11.8. The maximum Gasteiger partial charge on any atom is 0.0386 e. The normalized spacial score (nSPS) is 20.2. The number of hydrogen-bond donors (Lipinski definition) is 1. The number of nitrogens with zero attached hydrogens (tertiary/aromatic N) is 1. The van der Waals surface area contributed by atoms with E-state index in [2.05, 4.69) is 43.1 Å². The molecular weight excluding hydrogens is 240 g/mol. The largest absolute Gasteiger partial charge is 0.309 e. The Morgan fingerprint density at radius 3 is 2.61 bits per heavy atom. The van der Waals surface area contributed by atoms with E-state index in [0.717, 1.165) is 12.5 Å². The number of rotatable bonds is 6. The number of hydrogen-bond acceptors (Lipinski definition) is 3. The molecule has 18 heavy (non-hydrogen) atoms. The van der Waals surface area contributed by atoms with Gasteiger partial charge in [-0.05, 0) is 64.4 Å². The van der Waals surface area contributed by atoms with Gasteiger partial charge in [0, 0.05) is 22.3 Å². The molecule has 0 aromatic carbocycles. The molecule has 1 aliphatic heterocycles. The zero-order chi connectivity index (χ0) is 13.0. The fourth-order valence-corrected chi connectivity index (χ4v) is 3.54. The Morgan fingerprint density at radius 1 is 1.28 bits per heavy atom. The molecule has 1 saturated heterocycles. The van der Waals surface area contributed by atoms with Crippen LogP contribution in [0.3, 0.4) is 0 Å². The van der Waals surface area contributed by atoms with Crippen molar-refractivity contribution in [3.05, 3.63) is 21.9 Å². The Morgan fingerprint density at radius 2 is 2.00 bits per heavy atom. The minimum Gasteiger partial charge on any atom is -0.309 e. The predicted octanol–water partition coefficient (Wildman–Crippen LogP) is 3.44. The molecular formula is C15H26N2S. The molecule has 0 aliphatic carbocycles. The Balaban J connectivity index is 1.70. The average Bonchev–Trinajstić information content (AvgIpc) is 2.97. The van der Waals surface area contributed by atoms with Crippen LogP contribution in [0.1, 0.15) is 42.5 Å². The maximum absolute atomic E-state index is 3.67. The van der Waals surface area contributed by atoms with Crippen LogP contribution in [0, 0.1) is 12.8 Å². The SMILES string of the molecule is Cc1ccc(C(C)NCC(C)CN2CCCC2)s1. The lowest BCUT2D eigenvalue weighted by molar-refractivity contribution is 0.279. The number of nitrogens with one attached hydrogen (secondary N) is 1. The molecule has 1 aliphatic rings. The molecule has 2 heterocycles. The molecule has 2 atom stereocenters. The second kappa shape index (κ2) is 6.69. The Labute approximate surface area is 115 Å².